The molecule has 1 N–H and O–H groups in total. The fourth-order valence-corrected chi connectivity index (χ4v) is 3.89. The maximum Gasteiger partial charge on any atom is 0.250 e. The second-order valence-corrected chi connectivity index (χ2v) is 8.22. The van der Waals surface area contributed by atoms with Crippen molar-refractivity contribution in [3.8, 4) is 22.8 Å². The van der Waals surface area contributed by atoms with Crippen LogP contribution in [-0.2, 0) is 4.79 Å². The Kier molecular flexibility index (Phi) is 7.39. The van der Waals surface area contributed by atoms with Gasteiger partial charge in [0.1, 0.15) is 5.75 Å². The molecule has 0 fully saturated rings. The number of hydrazone groups is 1. The van der Waals surface area contributed by atoms with Gasteiger partial charge in [0.15, 0.2) is 11.0 Å². The zero-order chi connectivity index (χ0) is 23.0. The van der Waals surface area contributed by atoms with E-state index in [0.29, 0.717) is 16.0 Å². The molecule has 7 nitrogen and oxygen atoms in total. The molecular weight excluding hydrogens is 458 g/mol. The predicted octanol–water partition coefficient (Wildman–Crippen LogP) is 4.84. The Morgan fingerprint density at radius 1 is 1.09 bits per heavy atom. The van der Waals surface area contributed by atoms with Gasteiger partial charge in [-0.05, 0) is 42.0 Å². The Labute approximate surface area is 200 Å². The van der Waals surface area contributed by atoms with E-state index < -0.39 is 0 Å². The molecule has 0 saturated heterocycles. The molecule has 1 aromatic heterocycles. The average molecular weight is 478 g/mol. The van der Waals surface area contributed by atoms with E-state index in [0.717, 1.165) is 22.6 Å². The van der Waals surface area contributed by atoms with E-state index in [4.69, 9.17) is 16.3 Å². The number of nitrogens with zero attached hydrogens (tertiary/aromatic N) is 4. The average Bonchev–Trinajstić information content (AvgIpc) is 3.28. The Balaban J connectivity index is 1.48. The molecule has 0 spiro atoms. The van der Waals surface area contributed by atoms with Crippen LogP contribution in [0, 0.1) is 0 Å². The van der Waals surface area contributed by atoms with Gasteiger partial charge in [-0.3, -0.25) is 9.36 Å². The van der Waals surface area contributed by atoms with Gasteiger partial charge in [-0.1, -0.05) is 65.8 Å². The first-order valence-electron chi connectivity index (χ1n) is 9.99. The maximum absolute atomic E-state index is 12.4. The summed E-state index contributed by atoms with van der Waals surface area (Å²) in [5, 5.41) is 13.9. The molecule has 33 heavy (non-hydrogen) atoms. The third kappa shape index (κ3) is 5.79. The molecule has 0 radical (unpaired) electrons. The zero-order valence-corrected chi connectivity index (χ0v) is 19.3. The van der Waals surface area contributed by atoms with E-state index in [1.807, 2.05) is 71.3 Å². The molecule has 1 heterocycles. The number of carbonyl (C=O) groups is 1. The summed E-state index contributed by atoms with van der Waals surface area (Å²) in [6, 6.07) is 24.5. The number of methoxy groups -OCH3 is 1. The summed E-state index contributed by atoms with van der Waals surface area (Å²) in [7, 11) is 1.60. The molecule has 3 aromatic carbocycles. The third-order valence-electron chi connectivity index (χ3n) is 4.58. The first-order chi connectivity index (χ1) is 16.1. The monoisotopic (exact) mass is 477 g/mol. The SMILES string of the molecule is COc1cccc(/C=N\NC(=O)CSc2nnc(-c3ccccc3)n2-c2ccc(Cl)cc2)c1. The Morgan fingerprint density at radius 2 is 1.88 bits per heavy atom. The Hall–Kier alpha value is -3.62. The first-order valence-corrected chi connectivity index (χ1v) is 11.4. The van der Waals surface area contributed by atoms with E-state index in [1.165, 1.54) is 11.8 Å². The van der Waals surface area contributed by atoms with Crippen molar-refractivity contribution in [2.75, 3.05) is 12.9 Å². The van der Waals surface area contributed by atoms with Crippen molar-refractivity contribution < 1.29 is 9.53 Å². The van der Waals surface area contributed by atoms with Crippen LogP contribution >= 0.6 is 23.4 Å². The third-order valence-corrected chi connectivity index (χ3v) is 5.76. The summed E-state index contributed by atoms with van der Waals surface area (Å²) in [6.45, 7) is 0. The van der Waals surface area contributed by atoms with Gasteiger partial charge in [0.25, 0.3) is 5.91 Å². The molecule has 0 aliphatic rings. The second-order valence-electron chi connectivity index (χ2n) is 6.84. The van der Waals surface area contributed by atoms with Crippen LogP contribution in [0.25, 0.3) is 17.1 Å². The number of hydrogen-bond acceptors (Lipinski definition) is 6. The lowest BCUT2D eigenvalue weighted by Gasteiger charge is -2.10. The highest BCUT2D eigenvalue weighted by atomic mass is 35.5. The molecular formula is C24H20ClN5O2S. The van der Waals surface area contributed by atoms with Gasteiger partial charge in [0.2, 0.25) is 0 Å². The number of halogens is 1. The van der Waals surface area contributed by atoms with Gasteiger partial charge in [-0.25, -0.2) is 5.43 Å². The van der Waals surface area contributed by atoms with Gasteiger partial charge in [0.05, 0.1) is 19.1 Å². The first kappa shape index (κ1) is 22.6. The number of aromatic nitrogens is 3. The van der Waals surface area contributed by atoms with Crippen molar-refractivity contribution in [1.82, 2.24) is 20.2 Å². The number of hydrogen-bond donors (Lipinski definition) is 1. The second kappa shape index (κ2) is 10.8. The highest BCUT2D eigenvalue weighted by Crippen LogP contribution is 2.28. The van der Waals surface area contributed by atoms with E-state index in [-0.39, 0.29) is 11.7 Å². The highest BCUT2D eigenvalue weighted by Gasteiger charge is 2.17. The van der Waals surface area contributed by atoms with Gasteiger partial charge in [-0.2, -0.15) is 5.10 Å². The predicted molar refractivity (Wildman–Crippen MR) is 131 cm³/mol. The maximum atomic E-state index is 12.4. The van der Waals surface area contributed by atoms with Gasteiger partial charge >= 0.3 is 0 Å². The van der Waals surface area contributed by atoms with Crippen LogP contribution < -0.4 is 10.2 Å². The van der Waals surface area contributed by atoms with E-state index >= 15 is 0 Å². The van der Waals surface area contributed by atoms with Crippen LogP contribution in [0.3, 0.4) is 0 Å². The number of benzene rings is 3. The lowest BCUT2D eigenvalue weighted by atomic mass is 10.2. The minimum atomic E-state index is -0.258. The van der Waals surface area contributed by atoms with Crippen LogP contribution in [0.15, 0.2) is 89.1 Å². The molecule has 0 aliphatic carbocycles. The molecule has 4 rings (SSSR count). The van der Waals surface area contributed by atoms with Crippen LogP contribution in [0.2, 0.25) is 5.02 Å². The normalized spacial score (nSPS) is 11.0. The Morgan fingerprint density at radius 3 is 2.64 bits per heavy atom. The summed E-state index contributed by atoms with van der Waals surface area (Å²) in [5.41, 5.74) is 5.12. The van der Waals surface area contributed by atoms with Crippen LogP contribution in [0.5, 0.6) is 5.75 Å². The molecule has 0 saturated carbocycles. The number of rotatable bonds is 8. The summed E-state index contributed by atoms with van der Waals surface area (Å²) in [4.78, 5) is 12.4. The lowest BCUT2D eigenvalue weighted by molar-refractivity contribution is -0.118. The largest absolute Gasteiger partial charge is 0.497 e. The van der Waals surface area contributed by atoms with Crippen molar-refractivity contribution in [1.29, 1.82) is 0 Å². The number of carbonyl (C=O) groups excluding carboxylic acids is 1. The van der Waals surface area contributed by atoms with Gasteiger partial charge < -0.3 is 4.74 Å². The van der Waals surface area contributed by atoms with Crippen molar-refractivity contribution in [2.45, 2.75) is 5.16 Å². The van der Waals surface area contributed by atoms with Crippen LogP contribution in [0.4, 0.5) is 0 Å². The fourth-order valence-electron chi connectivity index (χ4n) is 3.02. The number of nitrogens with one attached hydrogen (secondary N) is 1. The lowest BCUT2D eigenvalue weighted by Crippen LogP contribution is -2.20. The number of thioether (sulfide) groups is 1. The Bertz CT molecular complexity index is 1260. The number of ether oxygens (including phenoxy) is 1. The molecule has 0 aliphatic heterocycles. The van der Waals surface area contributed by atoms with Gasteiger partial charge in [0, 0.05) is 16.3 Å². The zero-order valence-electron chi connectivity index (χ0n) is 17.7. The molecule has 1 amide bonds. The van der Waals surface area contributed by atoms with Crippen LogP contribution in [-0.4, -0.2) is 39.7 Å². The summed E-state index contributed by atoms with van der Waals surface area (Å²) < 4.78 is 7.09. The topological polar surface area (TPSA) is 81.4 Å². The summed E-state index contributed by atoms with van der Waals surface area (Å²) in [6.07, 6.45) is 1.56. The molecule has 0 atom stereocenters. The molecule has 166 valence electrons. The van der Waals surface area contributed by atoms with Gasteiger partial charge in [-0.15, -0.1) is 10.2 Å². The molecule has 0 unspecified atom stereocenters. The van der Waals surface area contributed by atoms with E-state index in [9.17, 15) is 4.79 Å². The standard InChI is InChI=1S/C24H20ClN5O2S/c1-32-21-9-5-6-17(14-21)15-26-27-22(31)16-33-24-29-28-23(18-7-3-2-4-8-18)30(24)20-12-10-19(25)11-13-20/h2-15H,16H2,1H3,(H,27,31)/b26-15-. The molecule has 0 bridgehead atoms. The minimum Gasteiger partial charge on any atom is -0.497 e. The minimum absolute atomic E-state index is 0.121. The van der Waals surface area contributed by atoms with E-state index in [1.54, 1.807) is 25.5 Å². The fraction of sp³-hybridized carbons (Fsp3) is 0.0833. The van der Waals surface area contributed by atoms with Crippen molar-refractivity contribution >= 4 is 35.5 Å². The summed E-state index contributed by atoms with van der Waals surface area (Å²) >= 11 is 7.34. The van der Waals surface area contributed by atoms with Crippen molar-refractivity contribution in [2.24, 2.45) is 5.10 Å². The van der Waals surface area contributed by atoms with Crippen LogP contribution in [0.1, 0.15) is 5.56 Å². The van der Waals surface area contributed by atoms with Crippen molar-refractivity contribution in [3.63, 3.8) is 0 Å². The molecule has 9 heteroatoms. The smallest absolute Gasteiger partial charge is 0.250 e. The van der Waals surface area contributed by atoms with E-state index in [2.05, 4.69) is 20.7 Å². The highest BCUT2D eigenvalue weighted by molar-refractivity contribution is 7.99. The summed E-state index contributed by atoms with van der Waals surface area (Å²) in [5.74, 6) is 1.26. The van der Waals surface area contributed by atoms with Crippen molar-refractivity contribution in [3.05, 3.63) is 89.4 Å². The number of amides is 1. The molecule has 4 aromatic rings. The quantitative estimate of drug-likeness (QED) is 0.223.